The molecule has 1 atom stereocenters. The second-order valence-corrected chi connectivity index (χ2v) is 8.15. The lowest BCUT2D eigenvalue weighted by molar-refractivity contribution is -0.148. The van der Waals surface area contributed by atoms with Crippen molar-refractivity contribution >= 4 is 67.5 Å². The van der Waals surface area contributed by atoms with Crippen LogP contribution in [0.2, 0.25) is 10.0 Å². The van der Waals surface area contributed by atoms with Gasteiger partial charge < -0.3 is 9.84 Å². The van der Waals surface area contributed by atoms with Crippen molar-refractivity contribution < 1.29 is 23.8 Å². The topological polar surface area (TPSA) is 79.7 Å². The van der Waals surface area contributed by atoms with E-state index in [1.165, 1.54) is 19.1 Å². The SMILES string of the molecule is CC1(CC(=O)O)Oc2ccc(F)cc2N(c2nc3c(Cl)ccc(Cl)c3s2)C1=O. The number of hydrogen-bond donors (Lipinski definition) is 1. The second kappa shape index (κ2) is 6.58. The Morgan fingerprint density at radius 1 is 1.32 bits per heavy atom. The maximum absolute atomic E-state index is 13.9. The molecule has 0 spiro atoms. The highest BCUT2D eigenvalue weighted by Crippen LogP contribution is 2.46. The standard InChI is InChI=1S/C18H11Cl2FN2O4S/c1-18(7-13(24)25)16(26)23(11-6-8(21)2-5-12(11)27-18)17-22-14-9(19)3-4-10(20)15(14)28-17/h2-6H,7H2,1H3,(H,24,25). The highest BCUT2D eigenvalue weighted by atomic mass is 35.5. The molecule has 2 aromatic carbocycles. The van der Waals surface area contributed by atoms with Crippen LogP contribution in [0.3, 0.4) is 0 Å². The number of ether oxygens (including phenoxy) is 1. The van der Waals surface area contributed by atoms with E-state index in [1.807, 2.05) is 0 Å². The van der Waals surface area contributed by atoms with E-state index < -0.39 is 29.7 Å². The number of carbonyl (C=O) groups excluding carboxylic acids is 1. The Labute approximate surface area is 172 Å². The highest BCUT2D eigenvalue weighted by Gasteiger charge is 2.48. The molecule has 1 aliphatic rings. The maximum atomic E-state index is 13.9. The third kappa shape index (κ3) is 2.97. The number of rotatable bonds is 3. The van der Waals surface area contributed by atoms with Crippen LogP contribution in [0, 0.1) is 5.82 Å². The number of fused-ring (bicyclic) bond motifs is 2. The monoisotopic (exact) mass is 440 g/mol. The van der Waals surface area contributed by atoms with Crippen molar-refractivity contribution in [3.8, 4) is 5.75 Å². The molecule has 6 nitrogen and oxygen atoms in total. The van der Waals surface area contributed by atoms with E-state index in [9.17, 15) is 19.1 Å². The van der Waals surface area contributed by atoms with Crippen LogP contribution in [0.25, 0.3) is 10.2 Å². The van der Waals surface area contributed by atoms with Crippen LogP contribution in [0.4, 0.5) is 15.2 Å². The summed E-state index contributed by atoms with van der Waals surface area (Å²) in [6.45, 7) is 1.37. The van der Waals surface area contributed by atoms with Crippen molar-refractivity contribution in [3.63, 3.8) is 0 Å². The molecule has 28 heavy (non-hydrogen) atoms. The number of thiazole rings is 1. The lowest BCUT2D eigenvalue weighted by atomic mass is 9.97. The molecule has 144 valence electrons. The minimum absolute atomic E-state index is 0.124. The molecule has 1 amide bonds. The Hall–Kier alpha value is -2.42. The van der Waals surface area contributed by atoms with Gasteiger partial charge in [0.05, 0.1) is 26.9 Å². The van der Waals surface area contributed by atoms with Gasteiger partial charge in [0.2, 0.25) is 0 Å². The molecule has 1 unspecified atom stereocenters. The number of benzene rings is 2. The van der Waals surface area contributed by atoms with Gasteiger partial charge in [-0.3, -0.25) is 9.59 Å². The summed E-state index contributed by atoms with van der Waals surface area (Å²) in [7, 11) is 0. The molecule has 0 saturated heterocycles. The number of halogens is 3. The van der Waals surface area contributed by atoms with Gasteiger partial charge >= 0.3 is 5.97 Å². The Bertz CT molecular complexity index is 1110. The van der Waals surface area contributed by atoms with E-state index in [1.54, 1.807) is 12.1 Å². The fraction of sp³-hybridized carbons (Fsp3) is 0.167. The lowest BCUT2D eigenvalue weighted by Gasteiger charge is -2.38. The van der Waals surface area contributed by atoms with E-state index in [0.717, 1.165) is 22.3 Å². The van der Waals surface area contributed by atoms with E-state index >= 15 is 0 Å². The molecular formula is C18H11Cl2FN2O4S. The molecule has 3 aromatic rings. The van der Waals surface area contributed by atoms with E-state index in [4.69, 9.17) is 27.9 Å². The Balaban J connectivity index is 1.95. The first-order valence-corrected chi connectivity index (χ1v) is 9.56. The average Bonchev–Trinajstić information content (AvgIpc) is 3.05. The Morgan fingerprint density at radius 3 is 2.71 bits per heavy atom. The van der Waals surface area contributed by atoms with Crippen molar-refractivity contribution in [2.45, 2.75) is 18.9 Å². The largest absolute Gasteiger partial charge is 0.481 e. The van der Waals surface area contributed by atoms with E-state index in [0.29, 0.717) is 20.3 Å². The predicted molar refractivity (Wildman–Crippen MR) is 104 cm³/mol. The summed E-state index contributed by atoms with van der Waals surface area (Å²) in [5.74, 6) is -2.31. The van der Waals surface area contributed by atoms with Crippen LogP contribution in [0.5, 0.6) is 5.75 Å². The van der Waals surface area contributed by atoms with Crippen molar-refractivity contribution in [1.82, 2.24) is 4.98 Å². The zero-order valence-corrected chi connectivity index (χ0v) is 16.5. The van der Waals surface area contributed by atoms with Gasteiger partial charge in [-0.2, -0.15) is 0 Å². The van der Waals surface area contributed by atoms with Crippen LogP contribution in [-0.2, 0) is 9.59 Å². The lowest BCUT2D eigenvalue weighted by Crippen LogP contribution is -2.53. The van der Waals surface area contributed by atoms with Gasteiger partial charge in [-0.1, -0.05) is 34.5 Å². The number of anilines is 2. The van der Waals surface area contributed by atoms with Crippen molar-refractivity contribution in [2.24, 2.45) is 0 Å². The van der Waals surface area contributed by atoms with Gasteiger partial charge in [0.15, 0.2) is 10.7 Å². The van der Waals surface area contributed by atoms with Crippen LogP contribution in [0.1, 0.15) is 13.3 Å². The van der Waals surface area contributed by atoms with E-state index in [2.05, 4.69) is 4.98 Å². The number of amides is 1. The van der Waals surface area contributed by atoms with Crippen LogP contribution in [-0.4, -0.2) is 27.6 Å². The quantitative estimate of drug-likeness (QED) is 0.617. The molecule has 0 radical (unpaired) electrons. The molecule has 0 bridgehead atoms. The molecule has 1 aliphatic heterocycles. The maximum Gasteiger partial charge on any atom is 0.307 e. The number of aromatic nitrogens is 1. The van der Waals surface area contributed by atoms with Gasteiger partial charge in [-0.25, -0.2) is 14.3 Å². The summed E-state index contributed by atoms with van der Waals surface area (Å²) in [6.07, 6.45) is -0.578. The fourth-order valence-electron chi connectivity index (χ4n) is 3.00. The minimum atomic E-state index is -1.69. The summed E-state index contributed by atoms with van der Waals surface area (Å²) in [4.78, 5) is 30.1. The molecule has 0 fully saturated rings. The molecule has 1 N–H and O–H groups in total. The van der Waals surface area contributed by atoms with Crippen LogP contribution in [0.15, 0.2) is 30.3 Å². The van der Waals surface area contributed by atoms with Crippen LogP contribution < -0.4 is 9.64 Å². The molecule has 10 heteroatoms. The Morgan fingerprint density at radius 2 is 2.04 bits per heavy atom. The van der Waals surface area contributed by atoms with Gasteiger partial charge in [0.25, 0.3) is 5.91 Å². The minimum Gasteiger partial charge on any atom is -0.481 e. The molecular weight excluding hydrogens is 430 g/mol. The molecule has 0 aliphatic carbocycles. The smallest absolute Gasteiger partial charge is 0.307 e. The number of nitrogens with zero attached hydrogens (tertiary/aromatic N) is 2. The summed E-state index contributed by atoms with van der Waals surface area (Å²) in [5.41, 5.74) is -1.17. The average molecular weight is 441 g/mol. The summed E-state index contributed by atoms with van der Waals surface area (Å²) < 4.78 is 20.1. The van der Waals surface area contributed by atoms with Crippen molar-refractivity contribution in [2.75, 3.05) is 4.90 Å². The van der Waals surface area contributed by atoms with Gasteiger partial charge in [-0.05, 0) is 31.2 Å². The number of carboxylic acids is 1. The first-order chi connectivity index (χ1) is 13.2. The van der Waals surface area contributed by atoms with Crippen LogP contribution >= 0.6 is 34.5 Å². The van der Waals surface area contributed by atoms with Gasteiger partial charge in [-0.15, -0.1) is 0 Å². The van der Waals surface area contributed by atoms with Gasteiger partial charge in [0, 0.05) is 6.07 Å². The normalized spacial score (nSPS) is 18.9. The van der Waals surface area contributed by atoms with Crippen molar-refractivity contribution in [3.05, 3.63) is 46.2 Å². The third-order valence-electron chi connectivity index (χ3n) is 4.27. The summed E-state index contributed by atoms with van der Waals surface area (Å²) in [6, 6.07) is 6.83. The van der Waals surface area contributed by atoms with Gasteiger partial charge in [0.1, 0.15) is 17.1 Å². The summed E-state index contributed by atoms with van der Waals surface area (Å²) >= 11 is 13.5. The first-order valence-electron chi connectivity index (χ1n) is 7.99. The number of hydrogen-bond acceptors (Lipinski definition) is 5. The zero-order valence-electron chi connectivity index (χ0n) is 14.2. The Kier molecular flexibility index (Phi) is 4.45. The number of carboxylic acid groups (broad SMARTS) is 1. The zero-order chi connectivity index (χ0) is 20.2. The molecule has 2 heterocycles. The molecule has 4 rings (SSSR count). The first kappa shape index (κ1) is 18.9. The summed E-state index contributed by atoms with van der Waals surface area (Å²) in [5, 5.41) is 10.2. The molecule has 0 saturated carbocycles. The fourth-order valence-corrected chi connectivity index (χ4v) is 4.54. The third-order valence-corrected chi connectivity index (χ3v) is 6.07. The van der Waals surface area contributed by atoms with Crippen molar-refractivity contribution in [1.29, 1.82) is 0 Å². The molecule has 1 aromatic heterocycles. The highest BCUT2D eigenvalue weighted by molar-refractivity contribution is 7.23. The second-order valence-electron chi connectivity index (χ2n) is 6.36. The number of carbonyl (C=O) groups is 2. The van der Waals surface area contributed by atoms with E-state index in [-0.39, 0.29) is 16.6 Å². The number of aliphatic carboxylic acids is 1. The predicted octanol–water partition coefficient (Wildman–Crippen LogP) is 5.03.